The molecule has 2 amide bonds. The van der Waals surface area contributed by atoms with Gasteiger partial charge in [-0.3, -0.25) is 24.3 Å². The van der Waals surface area contributed by atoms with Crippen LogP contribution in [-0.4, -0.2) is 54.6 Å². The summed E-state index contributed by atoms with van der Waals surface area (Å²) >= 11 is 0. The molecule has 0 aliphatic carbocycles. The predicted octanol–water partition coefficient (Wildman–Crippen LogP) is 1.57. The van der Waals surface area contributed by atoms with Crippen LogP contribution in [0.3, 0.4) is 0 Å². The molecule has 0 atom stereocenters. The lowest BCUT2D eigenvalue weighted by Crippen LogP contribution is -2.31. The summed E-state index contributed by atoms with van der Waals surface area (Å²) < 4.78 is 12.5. The van der Waals surface area contributed by atoms with E-state index < -0.39 is 17.4 Å². The quantitative estimate of drug-likeness (QED) is 0.510. The molecule has 0 saturated carbocycles. The van der Waals surface area contributed by atoms with Gasteiger partial charge in [-0.1, -0.05) is 6.42 Å². The minimum Gasteiger partial charge on any atom is -0.493 e. The molecule has 164 valence electrons. The zero-order valence-electron chi connectivity index (χ0n) is 17.5. The highest BCUT2D eigenvalue weighted by molar-refractivity contribution is 6.23. The summed E-state index contributed by atoms with van der Waals surface area (Å²) in [6, 6.07) is 6.11. The van der Waals surface area contributed by atoms with Crippen molar-refractivity contribution in [3.8, 4) is 17.2 Å². The van der Waals surface area contributed by atoms with E-state index in [4.69, 9.17) is 15.2 Å². The average Bonchev–Trinajstić information content (AvgIpc) is 3.05. The Bertz CT molecular complexity index is 1070. The van der Waals surface area contributed by atoms with Crippen LogP contribution in [0, 0.1) is 0 Å². The molecule has 3 N–H and O–H groups in total. The molecule has 0 unspecified atom stereocenters. The number of nitrogens with two attached hydrogens (primary N) is 1. The molecular formula is C22H26N4O5. The molecule has 0 radical (unpaired) electrons. The lowest BCUT2D eigenvalue weighted by atomic mass is 10.1. The van der Waals surface area contributed by atoms with Crippen molar-refractivity contribution in [2.45, 2.75) is 25.7 Å². The molecule has 0 spiro atoms. The van der Waals surface area contributed by atoms with Gasteiger partial charge in [-0.2, -0.15) is 0 Å². The summed E-state index contributed by atoms with van der Waals surface area (Å²) in [5.41, 5.74) is 5.98. The fourth-order valence-corrected chi connectivity index (χ4v) is 4.11. The second kappa shape index (κ2) is 8.81. The van der Waals surface area contributed by atoms with E-state index in [0.29, 0.717) is 23.8 Å². The van der Waals surface area contributed by atoms with E-state index in [1.165, 1.54) is 30.9 Å². The number of anilines is 1. The van der Waals surface area contributed by atoms with Crippen LogP contribution in [0.25, 0.3) is 5.69 Å². The third kappa shape index (κ3) is 4.13. The number of fused-ring (bicyclic) bond motifs is 1. The fourth-order valence-electron chi connectivity index (χ4n) is 4.11. The second-order valence-electron chi connectivity index (χ2n) is 7.71. The summed E-state index contributed by atoms with van der Waals surface area (Å²) in [5, 5.41) is 2.15. The van der Waals surface area contributed by atoms with Gasteiger partial charge in [0.05, 0.1) is 30.5 Å². The third-order valence-corrected chi connectivity index (χ3v) is 5.68. The number of hydrogen-bond donors (Lipinski definition) is 2. The minimum absolute atomic E-state index is 0.00149. The molecule has 31 heavy (non-hydrogen) atoms. The number of nitrogen functional groups attached to an aromatic ring is 1. The number of carbonyl (C=O) groups is 2. The lowest BCUT2D eigenvalue weighted by Gasteiger charge is -2.26. The maximum absolute atomic E-state index is 12.6. The van der Waals surface area contributed by atoms with Crippen molar-refractivity contribution in [3.05, 3.63) is 45.7 Å². The van der Waals surface area contributed by atoms with Crippen molar-refractivity contribution in [1.82, 2.24) is 14.8 Å². The Morgan fingerprint density at radius 2 is 1.81 bits per heavy atom. The van der Waals surface area contributed by atoms with Gasteiger partial charge in [0, 0.05) is 18.7 Å². The van der Waals surface area contributed by atoms with E-state index in [9.17, 15) is 14.4 Å². The SMILES string of the molecule is COc1cc(-n2c(N)c3c(cc2=O)C(=O)NC3=O)ccc1OCCCN1CCCCC1. The van der Waals surface area contributed by atoms with Crippen LogP contribution in [0.4, 0.5) is 5.82 Å². The standard InChI is InChI=1S/C22H26N4O5/c1-30-17-12-14(6-7-16(17)31-11-5-10-25-8-3-2-4-9-25)26-18(27)13-15-19(20(26)23)22(29)24-21(15)28/h6-7,12-13H,2-5,8-11,23H2,1H3,(H,24,28,29). The Kier molecular flexibility index (Phi) is 5.94. The van der Waals surface area contributed by atoms with Crippen LogP contribution >= 0.6 is 0 Å². The van der Waals surface area contributed by atoms with Crippen molar-refractivity contribution >= 4 is 17.6 Å². The largest absolute Gasteiger partial charge is 0.493 e. The number of benzene rings is 1. The zero-order valence-corrected chi connectivity index (χ0v) is 17.5. The van der Waals surface area contributed by atoms with E-state index >= 15 is 0 Å². The van der Waals surface area contributed by atoms with Gasteiger partial charge in [0.2, 0.25) is 0 Å². The first-order valence-corrected chi connectivity index (χ1v) is 10.4. The molecule has 9 nitrogen and oxygen atoms in total. The molecule has 2 aliphatic rings. The summed E-state index contributed by atoms with van der Waals surface area (Å²) in [6.07, 6.45) is 4.74. The third-order valence-electron chi connectivity index (χ3n) is 5.68. The monoisotopic (exact) mass is 426 g/mol. The molecule has 1 aromatic heterocycles. The molecule has 0 bridgehead atoms. The highest BCUT2D eigenvalue weighted by atomic mass is 16.5. The molecule has 2 aliphatic heterocycles. The number of ether oxygens (including phenoxy) is 2. The van der Waals surface area contributed by atoms with Crippen LogP contribution in [0.15, 0.2) is 29.1 Å². The number of aromatic nitrogens is 1. The minimum atomic E-state index is -0.623. The number of hydrogen-bond acceptors (Lipinski definition) is 7. The number of methoxy groups -OCH3 is 1. The summed E-state index contributed by atoms with van der Waals surface area (Å²) in [5.74, 6) is -0.329. The summed E-state index contributed by atoms with van der Waals surface area (Å²) in [7, 11) is 1.51. The number of pyridine rings is 1. The molecule has 3 heterocycles. The van der Waals surface area contributed by atoms with Crippen molar-refractivity contribution < 1.29 is 19.1 Å². The van der Waals surface area contributed by atoms with Gasteiger partial charge in [-0.25, -0.2) is 0 Å². The normalized spacial score (nSPS) is 16.2. The summed E-state index contributed by atoms with van der Waals surface area (Å²) in [6.45, 7) is 3.86. The van der Waals surface area contributed by atoms with Gasteiger partial charge >= 0.3 is 0 Å². The van der Waals surface area contributed by atoms with Crippen LogP contribution in [0.1, 0.15) is 46.4 Å². The van der Waals surface area contributed by atoms with Crippen LogP contribution < -0.4 is 26.1 Å². The number of likely N-dealkylation sites (tertiary alicyclic amines) is 1. The number of rotatable bonds is 7. The maximum Gasteiger partial charge on any atom is 0.262 e. The summed E-state index contributed by atoms with van der Waals surface area (Å²) in [4.78, 5) is 38.9. The highest BCUT2D eigenvalue weighted by Crippen LogP contribution is 2.31. The molecule has 4 rings (SSSR count). The Morgan fingerprint density at radius 3 is 2.55 bits per heavy atom. The molecule has 1 saturated heterocycles. The van der Waals surface area contributed by atoms with Crippen molar-refractivity contribution in [3.63, 3.8) is 0 Å². The first-order chi connectivity index (χ1) is 15.0. The number of imide groups is 1. The average molecular weight is 426 g/mol. The first-order valence-electron chi connectivity index (χ1n) is 10.4. The molecule has 1 fully saturated rings. The number of carbonyl (C=O) groups excluding carboxylic acids is 2. The fraction of sp³-hybridized carbons (Fsp3) is 0.409. The van der Waals surface area contributed by atoms with Crippen molar-refractivity contribution in [2.24, 2.45) is 0 Å². The van der Waals surface area contributed by atoms with E-state index in [-0.39, 0.29) is 16.9 Å². The number of amides is 2. The predicted molar refractivity (Wildman–Crippen MR) is 115 cm³/mol. The van der Waals surface area contributed by atoms with Gasteiger partial charge in [0.25, 0.3) is 17.4 Å². The Balaban J connectivity index is 1.52. The molecule has 1 aromatic carbocycles. The van der Waals surface area contributed by atoms with Crippen LogP contribution in [0.5, 0.6) is 11.5 Å². The van der Waals surface area contributed by atoms with Crippen molar-refractivity contribution in [2.75, 3.05) is 39.1 Å². The van der Waals surface area contributed by atoms with E-state index in [2.05, 4.69) is 10.2 Å². The topological polar surface area (TPSA) is 116 Å². The zero-order chi connectivity index (χ0) is 22.0. The Hall–Kier alpha value is -3.33. The molecule has 2 aromatic rings. The van der Waals surface area contributed by atoms with Gasteiger partial charge in [0.15, 0.2) is 11.5 Å². The van der Waals surface area contributed by atoms with Gasteiger partial charge in [-0.05, 0) is 44.5 Å². The molecule has 9 heteroatoms. The van der Waals surface area contributed by atoms with Crippen LogP contribution in [-0.2, 0) is 0 Å². The van der Waals surface area contributed by atoms with Gasteiger partial charge < -0.3 is 20.1 Å². The van der Waals surface area contributed by atoms with Crippen molar-refractivity contribution in [1.29, 1.82) is 0 Å². The lowest BCUT2D eigenvalue weighted by molar-refractivity contribution is 0.0880. The molecular weight excluding hydrogens is 400 g/mol. The van der Waals surface area contributed by atoms with Gasteiger partial charge in [0.1, 0.15) is 5.82 Å². The maximum atomic E-state index is 12.6. The first kappa shape index (κ1) is 20.9. The number of nitrogens with one attached hydrogen (secondary N) is 1. The Labute approximate surface area is 179 Å². The number of nitrogens with zero attached hydrogens (tertiary/aromatic N) is 2. The van der Waals surface area contributed by atoms with Gasteiger partial charge in [-0.15, -0.1) is 0 Å². The van der Waals surface area contributed by atoms with E-state index in [1.807, 2.05) is 0 Å². The second-order valence-corrected chi connectivity index (χ2v) is 7.71. The smallest absolute Gasteiger partial charge is 0.262 e. The van der Waals surface area contributed by atoms with E-state index in [0.717, 1.165) is 32.1 Å². The van der Waals surface area contributed by atoms with Crippen LogP contribution in [0.2, 0.25) is 0 Å². The Morgan fingerprint density at radius 1 is 1.03 bits per heavy atom. The highest BCUT2D eigenvalue weighted by Gasteiger charge is 2.32. The number of piperidine rings is 1. The van der Waals surface area contributed by atoms with E-state index in [1.54, 1.807) is 18.2 Å².